The number of nitriles is 1. The first-order valence-corrected chi connectivity index (χ1v) is 7.45. The van der Waals surface area contributed by atoms with Gasteiger partial charge in [0.15, 0.2) is 0 Å². The van der Waals surface area contributed by atoms with Gasteiger partial charge in [0.1, 0.15) is 11.8 Å². The van der Waals surface area contributed by atoms with E-state index in [1.165, 1.54) is 5.56 Å². The Kier molecular flexibility index (Phi) is 6.19. The Labute approximate surface area is 136 Å². The maximum absolute atomic E-state index is 12.0. The highest BCUT2D eigenvalue weighted by molar-refractivity contribution is 5.78. The standard InChI is InChI=1S/C19H19FN2O/c1-15-3-7-18(8-4-15)22-14-17(13-21)16-5-9-19(10-6-16)23-12-2-11-20/h3-10,14,22H,2,11-12H2,1H3/b17-14+. The summed E-state index contributed by atoms with van der Waals surface area (Å²) in [4.78, 5) is 0. The fourth-order valence-electron chi connectivity index (χ4n) is 1.96. The van der Waals surface area contributed by atoms with E-state index < -0.39 is 0 Å². The summed E-state index contributed by atoms with van der Waals surface area (Å²) >= 11 is 0. The Morgan fingerprint density at radius 3 is 2.48 bits per heavy atom. The average Bonchev–Trinajstić information content (AvgIpc) is 2.58. The average molecular weight is 310 g/mol. The Morgan fingerprint density at radius 2 is 1.87 bits per heavy atom. The monoisotopic (exact) mass is 310 g/mol. The van der Waals surface area contributed by atoms with E-state index in [0.717, 1.165) is 11.3 Å². The van der Waals surface area contributed by atoms with Crippen molar-refractivity contribution in [2.45, 2.75) is 13.3 Å². The van der Waals surface area contributed by atoms with Crippen LogP contribution in [0, 0.1) is 18.3 Å². The molecule has 2 rings (SSSR count). The molecule has 0 atom stereocenters. The number of nitrogens with one attached hydrogen (secondary N) is 1. The minimum absolute atomic E-state index is 0.353. The molecule has 4 heteroatoms. The van der Waals surface area contributed by atoms with Gasteiger partial charge in [-0.1, -0.05) is 17.7 Å². The molecule has 0 aliphatic carbocycles. The van der Waals surface area contributed by atoms with Crippen molar-refractivity contribution in [1.82, 2.24) is 0 Å². The summed E-state index contributed by atoms with van der Waals surface area (Å²) < 4.78 is 17.4. The van der Waals surface area contributed by atoms with E-state index in [2.05, 4.69) is 11.4 Å². The molecule has 118 valence electrons. The van der Waals surface area contributed by atoms with Gasteiger partial charge in [0, 0.05) is 18.3 Å². The molecule has 0 bridgehead atoms. The van der Waals surface area contributed by atoms with E-state index in [4.69, 9.17) is 4.74 Å². The minimum atomic E-state index is -0.385. The Morgan fingerprint density at radius 1 is 1.17 bits per heavy atom. The number of halogens is 1. The number of aryl methyl sites for hydroxylation is 1. The van der Waals surface area contributed by atoms with Crippen molar-refractivity contribution >= 4 is 11.3 Å². The summed E-state index contributed by atoms with van der Waals surface area (Å²) in [6, 6.07) is 17.3. The van der Waals surface area contributed by atoms with Crippen LogP contribution in [0.5, 0.6) is 5.75 Å². The van der Waals surface area contributed by atoms with E-state index in [9.17, 15) is 9.65 Å². The first kappa shape index (κ1) is 16.6. The van der Waals surface area contributed by atoms with Crippen LogP contribution in [0.2, 0.25) is 0 Å². The van der Waals surface area contributed by atoms with Crippen molar-refractivity contribution in [3.05, 3.63) is 65.9 Å². The zero-order chi connectivity index (χ0) is 16.5. The first-order chi connectivity index (χ1) is 11.2. The van der Waals surface area contributed by atoms with Crippen LogP contribution in [-0.4, -0.2) is 13.3 Å². The fraction of sp³-hybridized carbons (Fsp3) is 0.211. The third-order valence-electron chi connectivity index (χ3n) is 3.27. The van der Waals surface area contributed by atoms with E-state index >= 15 is 0 Å². The highest BCUT2D eigenvalue weighted by Crippen LogP contribution is 2.19. The Bertz CT molecular complexity index is 685. The highest BCUT2D eigenvalue weighted by atomic mass is 19.1. The molecule has 3 nitrogen and oxygen atoms in total. The van der Waals surface area contributed by atoms with E-state index in [-0.39, 0.29) is 6.67 Å². The molecule has 0 saturated heterocycles. The van der Waals surface area contributed by atoms with E-state index in [0.29, 0.717) is 24.4 Å². The third kappa shape index (κ3) is 5.15. The molecule has 2 aromatic carbocycles. The number of rotatable bonds is 7. The molecule has 0 aromatic heterocycles. The number of alkyl halides is 1. The summed E-state index contributed by atoms with van der Waals surface area (Å²) in [6.45, 7) is 1.99. The second kappa shape index (κ2) is 8.60. The van der Waals surface area contributed by atoms with Crippen LogP contribution in [0.3, 0.4) is 0 Å². The quantitative estimate of drug-likeness (QED) is 0.595. The molecule has 0 saturated carbocycles. The molecule has 0 fully saturated rings. The molecule has 0 unspecified atom stereocenters. The lowest BCUT2D eigenvalue weighted by Crippen LogP contribution is -1.98. The smallest absolute Gasteiger partial charge is 0.119 e. The van der Waals surface area contributed by atoms with Crippen LogP contribution in [-0.2, 0) is 0 Å². The second-order valence-corrected chi connectivity index (χ2v) is 5.10. The van der Waals surface area contributed by atoms with Gasteiger partial charge in [0.05, 0.1) is 18.9 Å². The largest absolute Gasteiger partial charge is 0.493 e. The number of allylic oxidation sites excluding steroid dienone is 1. The van der Waals surface area contributed by atoms with Crippen molar-refractivity contribution in [3.63, 3.8) is 0 Å². The summed E-state index contributed by atoms with van der Waals surface area (Å²) in [5, 5.41) is 12.4. The zero-order valence-corrected chi connectivity index (χ0v) is 13.1. The molecule has 0 radical (unpaired) electrons. The van der Waals surface area contributed by atoms with Gasteiger partial charge in [-0.2, -0.15) is 5.26 Å². The van der Waals surface area contributed by atoms with Crippen molar-refractivity contribution < 1.29 is 9.13 Å². The summed E-state index contributed by atoms with van der Waals surface area (Å²) in [7, 11) is 0. The van der Waals surface area contributed by atoms with Crippen LogP contribution < -0.4 is 10.1 Å². The van der Waals surface area contributed by atoms with Crippen LogP contribution in [0.15, 0.2) is 54.7 Å². The maximum atomic E-state index is 12.0. The van der Waals surface area contributed by atoms with Gasteiger partial charge in [-0.15, -0.1) is 0 Å². The lowest BCUT2D eigenvalue weighted by Gasteiger charge is -2.06. The number of nitrogens with zero attached hydrogens (tertiary/aromatic N) is 1. The molecule has 1 N–H and O–H groups in total. The van der Waals surface area contributed by atoms with Crippen molar-refractivity contribution in [2.75, 3.05) is 18.6 Å². The Hall–Kier alpha value is -2.80. The molecular weight excluding hydrogens is 291 g/mol. The van der Waals surface area contributed by atoms with Gasteiger partial charge in [-0.25, -0.2) is 0 Å². The van der Waals surface area contributed by atoms with Gasteiger partial charge >= 0.3 is 0 Å². The van der Waals surface area contributed by atoms with Crippen LogP contribution in [0.25, 0.3) is 5.57 Å². The predicted molar refractivity (Wildman–Crippen MR) is 90.9 cm³/mol. The summed E-state index contributed by atoms with van der Waals surface area (Å²) in [5.74, 6) is 0.672. The van der Waals surface area contributed by atoms with Crippen molar-refractivity contribution in [2.24, 2.45) is 0 Å². The number of hydrogen-bond acceptors (Lipinski definition) is 3. The van der Waals surface area contributed by atoms with Crippen LogP contribution in [0.4, 0.5) is 10.1 Å². The highest BCUT2D eigenvalue weighted by Gasteiger charge is 2.02. The van der Waals surface area contributed by atoms with Crippen molar-refractivity contribution in [1.29, 1.82) is 5.26 Å². The Balaban J connectivity index is 2.03. The molecule has 23 heavy (non-hydrogen) atoms. The maximum Gasteiger partial charge on any atom is 0.119 e. The molecule has 0 spiro atoms. The van der Waals surface area contributed by atoms with Gasteiger partial charge in [-0.05, 0) is 48.9 Å². The fourth-order valence-corrected chi connectivity index (χ4v) is 1.96. The molecule has 2 aromatic rings. The zero-order valence-electron chi connectivity index (χ0n) is 13.1. The molecule has 0 heterocycles. The number of hydrogen-bond donors (Lipinski definition) is 1. The number of anilines is 1. The van der Waals surface area contributed by atoms with E-state index in [1.807, 2.05) is 43.3 Å². The minimum Gasteiger partial charge on any atom is -0.493 e. The molecular formula is C19H19FN2O. The second-order valence-electron chi connectivity index (χ2n) is 5.10. The lowest BCUT2D eigenvalue weighted by molar-refractivity contribution is 0.289. The lowest BCUT2D eigenvalue weighted by atomic mass is 10.1. The van der Waals surface area contributed by atoms with Crippen LogP contribution in [0.1, 0.15) is 17.5 Å². The van der Waals surface area contributed by atoms with Gasteiger partial charge in [0.25, 0.3) is 0 Å². The predicted octanol–water partition coefficient (Wildman–Crippen LogP) is 4.71. The van der Waals surface area contributed by atoms with Crippen molar-refractivity contribution in [3.8, 4) is 11.8 Å². The summed E-state index contributed by atoms with van der Waals surface area (Å²) in [6.07, 6.45) is 2.06. The van der Waals surface area contributed by atoms with Gasteiger partial charge in [0.2, 0.25) is 0 Å². The van der Waals surface area contributed by atoms with E-state index in [1.54, 1.807) is 18.3 Å². The van der Waals surface area contributed by atoms with Gasteiger partial charge < -0.3 is 10.1 Å². The normalized spacial score (nSPS) is 10.9. The number of benzene rings is 2. The molecule has 0 amide bonds. The number of ether oxygens (including phenoxy) is 1. The first-order valence-electron chi connectivity index (χ1n) is 7.45. The molecule has 0 aliphatic rings. The SMILES string of the molecule is Cc1ccc(N/C=C(\C#N)c2ccc(OCCCF)cc2)cc1. The summed E-state index contributed by atoms with van der Waals surface area (Å²) in [5.41, 5.74) is 3.43. The van der Waals surface area contributed by atoms with Gasteiger partial charge in [-0.3, -0.25) is 4.39 Å². The van der Waals surface area contributed by atoms with Crippen LogP contribution >= 0.6 is 0 Å². The molecule has 0 aliphatic heterocycles. The third-order valence-corrected chi connectivity index (χ3v) is 3.27. The topological polar surface area (TPSA) is 45.0 Å².